The topological polar surface area (TPSA) is 30.3 Å². The van der Waals surface area contributed by atoms with Crippen molar-refractivity contribution in [1.29, 1.82) is 0 Å². The van der Waals surface area contributed by atoms with Gasteiger partial charge in [0.2, 0.25) is 0 Å². The van der Waals surface area contributed by atoms with Crippen LogP contribution in [0, 0.1) is 12.7 Å². The molecular formula is C22H24FN3OS. The molecule has 4 nitrogen and oxygen atoms in total. The Morgan fingerprint density at radius 2 is 2.11 bits per heavy atom. The molecule has 1 aliphatic rings. The monoisotopic (exact) mass is 397 g/mol. The molecule has 0 aliphatic carbocycles. The summed E-state index contributed by atoms with van der Waals surface area (Å²) in [5, 5.41) is 4.58. The zero-order chi connectivity index (χ0) is 19.7. The molecule has 1 aromatic heterocycles. The number of anilines is 1. The average molecular weight is 398 g/mol. The van der Waals surface area contributed by atoms with Gasteiger partial charge >= 0.3 is 0 Å². The number of fused-ring (bicyclic) bond motifs is 1. The average Bonchev–Trinajstić information content (AvgIpc) is 2.91. The van der Waals surface area contributed by atoms with E-state index in [0.29, 0.717) is 0 Å². The van der Waals surface area contributed by atoms with Crippen LogP contribution in [0.15, 0.2) is 53.6 Å². The van der Waals surface area contributed by atoms with Crippen molar-refractivity contribution in [3.8, 4) is 5.75 Å². The van der Waals surface area contributed by atoms with Crippen LogP contribution in [-0.4, -0.2) is 23.4 Å². The Morgan fingerprint density at radius 1 is 1.25 bits per heavy atom. The Balaban J connectivity index is 1.69. The highest BCUT2D eigenvalue weighted by molar-refractivity contribution is 7.99. The van der Waals surface area contributed by atoms with Crippen LogP contribution < -0.4 is 9.64 Å². The van der Waals surface area contributed by atoms with E-state index < -0.39 is 0 Å². The Morgan fingerprint density at radius 3 is 2.82 bits per heavy atom. The van der Waals surface area contributed by atoms with Crippen LogP contribution in [0.5, 0.6) is 5.75 Å². The molecule has 0 unspecified atom stereocenters. The fourth-order valence-electron chi connectivity index (χ4n) is 3.59. The third-order valence-electron chi connectivity index (χ3n) is 5.36. The van der Waals surface area contributed by atoms with Crippen LogP contribution in [0.2, 0.25) is 0 Å². The molecule has 0 saturated heterocycles. The van der Waals surface area contributed by atoms with Crippen LogP contribution in [0.1, 0.15) is 28.5 Å². The van der Waals surface area contributed by atoms with Crippen molar-refractivity contribution in [3.05, 3.63) is 71.3 Å². The summed E-state index contributed by atoms with van der Waals surface area (Å²) in [6.07, 6.45) is 2.88. The maximum Gasteiger partial charge on any atom is 0.123 e. The van der Waals surface area contributed by atoms with Gasteiger partial charge in [0, 0.05) is 41.5 Å². The largest absolute Gasteiger partial charge is 0.497 e. The van der Waals surface area contributed by atoms with Gasteiger partial charge in [-0.25, -0.2) is 4.39 Å². The number of hydrogen-bond acceptors (Lipinski definition) is 4. The first kappa shape index (κ1) is 18.9. The molecule has 2 aromatic carbocycles. The SMILES string of the molecule is COc1ccc2c(c1)S[C@@H](c1cccc(F)c1)CCN2Cc1cnn(C)c1C. The maximum atomic E-state index is 13.8. The van der Waals surface area contributed by atoms with Gasteiger partial charge in [-0.05, 0) is 49.2 Å². The number of methoxy groups -OCH3 is 1. The van der Waals surface area contributed by atoms with Gasteiger partial charge in [0.15, 0.2) is 0 Å². The summed E-state index contributed by atoms with van der Waals surface area (Å²) in [5.74, 6) is 0.653. The third-order valence-corrected chi connectivity index (χ3v) is 6.73. The molecule has 0 radical (unpaired) electrons. The minimum atomic E-state index is -0.184. The van der Waals surface area contributed by atoms with Gasteiger partial charge < -0.3 is 9.64 Å². The van der Waals surface area contributed by atoms with Gasteiger partial charge in [0.25, 0.3) is 0 Å². The highest BCUT2D eigenvalue weighted by Crippen LogP contribution is 2.46. The fourth-order valence-corrected chi connectivity index (χ4v) is 4.91. The zero-order valence-corrected chi connectivity index (χ0v) is 17.2. The second kappa shape index (κ2) is 7.87. The van der Waals surface area contributed by atoms with E-state index in [1.807, 2.05) is 30.1 Å². The maximum absolute atomic E-state index is 13.8. The van der Waals surface area contributed by atoms with Crippen molar-refractivity contribution >= 4 is 17.4 Å². The molecular weight excluding hydrogens is 373 g/mol. The summed E-state index contributed by atoms with van der Waals surface area (Å²) in [5.41, 5.74) is 4.61. The molecule has 0 saturated carbocycles. The van der Waals surface area contributed by atoms with Crippen molar-refractivity contribution in [2.45, 2.75) is 30.0 Å². The van der Waals surface area contributed by atoms with Gasteiger partial charge in [0.05, 0.1) is 19.0 Å². The second-order valence-corrected chi connectivity index (χ2v) is 8.33. The van der Waals surface area contributed by atoms with E-state index in [2.05, 4.69) is 29.1 Å². The normalized spacial score (nSPS) is 16.6. The summed E-state index contributed by atoms with van der Waals surface area (Å²) < 4.78 is 21.2. The molecule has 0 spiro atoms. The van der Waals surface area contributed by atoms with Crippen LogP contribution in [0.25, 0.3) is 0 Å². The van der Waals surface area contributed by atoms with E-state index in [1.54, 1.807) is 31.0 Å². The first-order valence-electron chi connectivity index (χ1n) is 9.37. The number of halogens is 1. The number of ether oxygens (including phenoxy) is 1. The van der Waals surface area contributed by atoms with Crippen molar-refractivity contribution in [3.63, 3.8) is 0 Å². The first-order chi connectivity index (χ1) is 13.5. The van der Waals surface area contributed by atoms with E-state index in [-0.39, 0.29) is 11.1 Å². The first-order valence-corrected chi connectivity index (χ1v) is 10.3. The summed E-state index contributed by atoms with van der Waals surface area (Å²) >= 11 is 1.78. The van der Waals surface area contributed by atoms with Crippen molar-refractivity contribution < 1.29 is 9.13 Å². The van der Waals surface area contributed by atoms with E-state index in [4.69, 9.17) is 4.74 Å². The number of aromatic nitrogens is 2. The van der Waals surface area contributed by atoms with Gasteiger partial charge in [0.1, 0.15) is 11.6 Å². The number of aryl methyl sites for hydroxylation is 1. The van der Waals surface area contributed by atoms with Crippen molar-refractivity contribution in [2.24, 2.45) is 7.05 Å². The molecule has 0 bridgehead atoms. The number of thioether (sulfide) groups is 1. The van der Waals surface area contributed by atoms with Crippen LogP contribution in [0.3, 0.4) is 0 Å². The molecule has 6 heteroatoms. The predicted octanol–water partition coefficient (Wildman–Crippen LogP) is 5.12. The predicted molar refractivity (Wildman–Crippen MR) is 112 cm³/mol. The van der Waals surface area contributed by atoms with E-state index in [1.165, 1.54) is 23.0 Å². The Bertz CT molecular complexity index is 988. The fraction of sp³-hybridized carbons (Fsp3) is 0.318. The van der Waals surface area contributed by atoms with Crippen LogP contribution >= 0.6 is 11.8 Å². The Hall–Kier alpha value is -2.47. The number of hydrogen-bond donors (Lipinski definition) is 0. The third kappa shape index (κ3) is 3.74. The van der Waals surface area contributed by atoms with Crippen LogP contribution in [0.4, 0.5) is 10.1 Å². The smallest absolute Gasteiger partial charge is 0.123 e. The van der Waals surface area contributed by atoms with Crippen molar-refractivity contribution in [2.75, 3.05) is 18.6 Å². The highest BCUT2D eigenvalue weighted by atomic mass is 32.2. The van der Waals surface area contributed by atoms with Crippen molar-refractivity contribution in [1.82, 2.24) is 9.78 Å². The number of benzene rings is 2. The summed E-state index contributed by atoms with van der Waals surface area (Å²) in [6.45, 7) is 3.79. The van der Waals surface area contributed by atoms with Gasteiger partial charge in [-0.2, -0.15) is 5.10 Å². The Kier molecular flexibility index (Phi) is 5.31. The summed E-state index contributed by atoms with van der Waals surface area (Å²) in [7, 11) is 3.65. The van der Waals surface area contributed by atoms with E-state index in [9.17, 15) is 4.39 Å². The van der Waals surface area contributed by atoms with E-state index >= 15 is 0 Å². The number of nitrogens with zero attached hydrogens (tertiary/aromatic N) is 3. The van der Waals surface area contributed by atoms with Gasteiger partial charge in [-0.3, -0.25) is 4.68 Å². The minimum Gasteiger partial charge on any atom is -0.497 e. The summed E-state index contributed by atoms with van der Waals surface area (Å²) in [6, 6.07) is 13.2. The van der Waals surface area contributed by atoms with Gasteiger partial charge in [-0.1, -0.05) is 12.1 Å². The molecule has 0 fully saturated rings. The molecule has 28 heavy (non-hydrogen) atoms. The minimum absolute atomic E-state index is 0.184. The molecule has 0 amide bonds. The number of rotatable bonds is 4. The Labute approximate surface area is 169 Å². The summed E-state index contributed by atoms with van der Waals surface area (Å²) in [4.78, 5) is 3.55. The molecule has 1 aliphatic heterocycles. The quantitative estimate of drug-likeness (QED) is 0.611. The van der Waals surface area contributed by atoms with Crippen LogP contribution in [-0.2, 0) is 13.6 Å². The molecule has 1 atom stereocenters. The molecule has 3 aromatic rings. The zero-order valence-electron chi connectivity index (χ0n) is 16.4. The van der Waals surface area contributed by atoms with Gasteiger partial charge in [-0.15, -0.1) is 11.8 Å². The highest BCUT2D eigenvalue weighted by Gasteiger charge is 2.25. The molecule has 4 rings (SSSR count). The second-order valence-electron chi connectivity index (χ2n) is 7.08. The molecule has 146 valence electrons. The molecule has 0 N–H and O–H groups in total. The molecule has 2 heterocycles. The van der Waals surface area contributed by atoms with E-state index in [0.717, 1.165) is 35.7 Å². The lowest BCUT2D eigenvalue weighted by Crippen LogP contribution is -2.24. The lowest BCUT2D eigenvalue weighted by atomic mass is 10.1. The lowest BCUT2D eigenvalue weighted by Gasteiger charge is -2.24. The lowest BCUT2D eigenvalue weighted by molar-refractivity contribution is 0.413. The standard InChI is InChI=1S/C22H24FN3OS/c1-15-17(13-24-25(15)2)14-26-10-9-21(16-5-4-6-18(23)11-16)28-22-12-19(27-3)7-8-20(22)26/h4-8,11-13,21H,9-10,14H2,1-3H3/t21-/m1/s1.